The van der Waals surface area contributed by atoms with E-state index < -0.39 is 18.0 Å². The van der Waals surface area contributed by atoms with Crippen LogP contribution in [0.3, 0.4) is 0 Å². The Morgan fingerprint density at radius 1 is 1.27 bits per heavy atom. The Hall–Kier alpha value is -2.05. The van der Waals surface area contributed by atoms with Crippen molar-refractivity contribution in [3.63, 3.8) is 0 Å². The lowest BCUT2D eigenvalue weighted by atomic mass is 10.3. The molecule has 0 fully saturated rings. The van der Waals surface area contributed by atoms with E-state index in [2.05, 4.69) is 5.32 Å². The highest BCUT2D eigenvalue weighted by Crippen LogP contribution is 2.22. The maximum absolute atomic E-state index is 12.0. The Morgan fingerprint density at radius 3 is 2.68 bits per heavy atom. The molecular weight excluding hydrogens is 326 g/mol. The van der Waals surface area contributed by atoms with E-state index >= 15 is 0 Å². The molecule has 0 spiro atoms. The van der Waals surface area contributed by atoms with Crippen LogP contribution in [-0.2, 0) is 9.53 Å². The molecule has 5 nitrogen and oxygen atoms in total. The number of carbonyl (C=O) groups is 2. The summed E-state index contributed by atoms with van der Waals surface area (Å²) in [5, 5.41) is 2.66. The van der Waals surface area contributed by atoms with Gasteiger partial charge in [-0.3, -0.25) is 4.79 Å². The van der Waals surface area contributed by atoms with Crippen LogP contribution in [-0.4, -0.2) is 25.1 Å². The van der Waals surface area contributed by atoms with Crippen LogP contribution in [0.1, 0.15) is 16.6 Å². The normalized spacial score (nSPS) is 11.6. The molecule has 7 heteroatoms. The minimum atomic E-state index is -0.931. The molecule has 0 aliphatic rings. The van der Waals surface area contributed by atoms with E-state index in [9.17, 15) is 9.59 Å². The number of halogens is 1. The number of benzene rings is 1. The molecule has 2 aromatic rings. The number of carbonyl (C=O) groups excluding carboxylic acids is 2. The Kier molecular flexibility index (Phi) is 5.41. The van der Waals surface area contributed by atoms with Gasteiger partial charge in [-0.05, 0) is 31.2 Å². The van der Waals surface area contributed by atoms with E-state index in [1.807, 2.05) is 0 Å². The molecule has 0 radical (unpaired) electrons. The molecule has 1 atom stereocenters. The summed E-state index contributed by atoms with van der Waals surface area (Å²) in [6.45, 7) is 1.50. The molecular formula is C15H14ClNO4S. The molecule has 0 aliphatic heterocycles. The van der Waals surface area contributed by atoms with Crippen molar-refractivity contribution >= 4 is 40.5 Å². The van der Waals surface area contributed by atoms with Crippen LogP contribution in [0.2, 0.25) is 4.34 Å². The van der Waals surface area contributed by atoms with E-state index in [0.29, 0.717) is 20.7 Å². The van der Waals surface area contributed by atoms with Crippen LogP contribution in [0.15, 0.2) is 36.4 Å². The molecule has 1 aromatic carbocycles. The smallest absolute Gasteiger partial charge is 0.349 e. The van der Waals surface area contributed by atoms with Gasteiger partial charge in [0.2, 0.25) is 0 Å². The third-order valence-electron chi connectivity index (χ3n) is 2.76. The largest absolute Gasteiger partial charge is 0.497 e. The van der Waals surface area contributed by atoms with Gasteiger partial charge in [-0.2, -0.15) is 0 Å². The second kappa shape index (κ2) is 7.29. The van der Waals surface area contributed by atoms with Gasteiger partial charge in [0.05, 0.1) is 11.4 Å². The van der Waals surface area contributed by atoms with Crippen molar-refractivity contribution in [2.75, 3.05) is 12.4 Å². The zero-order chi connectivity index (χ0) is 16.1. The molecule has 1 N–H and O–H groups in total. The van der Waals surface area contributed by atoms with Crippen LogP contribution in [0.4, 0.5) is 5.69 Å². The van der Waals surface area contributed by atoms with Gasteiger partial charge in [-0.25, -0.2) is 4.79 Å². The van der Waals surface area contributed by atoms with Crippen molar-refractivity contribution in [1.29, 1.82) is 0 Å². The predicted molar refractivity (Wildman–Crippen MR) is 85.8 cm³/mol. The third-order valence-corrected chi connectivity index (χ3v) is 3.98. The van der Waals surface area contributed by atoms with Gasteiger partial charge in [0.15, 0.2) is 6.10 Å². The zero-order valence-electron chi connectivity index (χ0n) is 12.0. The molecule has 0 saturated carbocycles. The first-order valence-corrected chi connectivity index (χ1v) is 7.60. The Balaban J connectivity index is 1.95. The molecule has 0 aliphatic carbocycles. The van der Waals surface area contributed by atoms with Gasteiger partial charge < -0.3 is 14.8 Å². The highest BCUT2D eigenvalue weighted by atomic mass is 35.5. The number of esters is 1. The molecule has 0 saturated heterocycles. The minimum absolute atomic E-state index is 0.353. The zero-order valence-corrected chi connectivity index (χ0v) is 13.5. The standard InChI is InChI=1S/C15H14ClNO4S/c1-9(21-15(19)12-6-7-13(16)22-12)14(18)17-10-4-3-5-11(8-10)20-2/h3-9H,1-2H3,(H,17,18)/t9-/m0/s1. The van der Waals surface area contributed by atoms with E-state index in [0.717, 1.165) is 11.3 Å². The third kappa shape index (κ3) is 4.22. The van der Waals surface area contributed by atoms with Crippen molar-refractivity contribution in [2.45, 2.75) is 13.0 Å². The van der Waals surface area contributed by atoms with Gasteiger partial charge >= 0.3 is 5.97 Å². The fraction of sp³-hybridized carbons (Fsp3) is 0.200. The topological polar surface area (TPSA) is 64.6 Å². The highest BCUT2D eigenvalue weighted by molar-refractivity contribution is 7.17. The molecule has 116 valence electrons. The summed E-state index contributed by atoms with van der Waals surface area (Å²) in [6.07, 6.45) is -0.931. The Morgan fingerprint density at radius 2 is 2.05 bits per heavy atom. The first-order valence-electron chi connectivity index (χ1n) is 6.41. The van der Waals surface area contributed by atoms with E-state index in [1.54, 1.807) is 36.4 Å². The van der Waals surface area contributed by atoms with Crippen molar-refractivity contribution in [3.05, 3.63) is 45.6 Å². The van der Waals surface area contributed by atoms with Gasteiger partial charge in [0.1, 0.15) is 10.6 Å². The van der Waals surface area contributed by atoms with Crippen molar-refractivity contribution in [1.82, 2.24) is 0 Å². The first kappa shape index (κ1) is 16.3. The van der Waals surface area contributed by atoms with Gasteiger partial charge in [0, 0.05) is 11.8 Å². The molecule has 22 heavy (non-hydrogen) atoms. The van der Waals surface area contributed by atoms with Crippen LogP contribution in [0.5, 0.6) is 5.75 Å². The maximum atomic E-state index is 12.0. The number of ether oxygens (including phenoxy) is 2. The Labute approximate surface area is 136 Å². The lowest BCUT2D eigenvalue weighted by molar-refractivity contribution is -0.123. The predicted octanol–water partition coefficient (Wildman–Crippen LogP) is 3.59. The SMILES string of the molecule is COc1cccc(NC(=O)[C@H](C)OC(=O)c2ccc(Cl)s2)c1. The number of methoxy groups -OCH3 is 1. The average Bonchev–Trinajstić information content (AvgIpc) is 2.94. The minimum Gasteiger partial charge on any atom is -0.497 e. The van der Waals surface area contributed by atoms with Crippen LogP contribution in [0.25, 0.3) is 0 Å². The second-order valence-electron chi connectivity index (χ2n) is 4.37. The average molecular weight is 340 g/mol. The van der Waals surface area contributed by atoms with E-state index in [-0.39, 0.29) is 0 Å². The number of hydrogen-bond donors (Lipinski definition) is 1. The van der Waals surface area contributed by atoms with Crippen LogP contribution in [0, 0.1) is 0 Å². The van der Waals surface area contributed by atoms with Crippen LogP contribution < -0.4 is 10.1 Å². The summed E-state index contributed by atoms with van der Waals surface area (Å²) in [5.74, 6) is -0.384. The summed E-state index contributed by atoms with van der Waals surface area (Å²) >= 11 is 6.86. The number of thiophene rings is 1. The second-order valence-corrected chi connectivity index (χ2v) is 6.09. The summed E-state index contributed by atoms with van der Waals surface area (Å²) < 4.78 is 10.7. The summed E-state index contributed by atoms with van der Waals surface area (Å²) in [4.78, 5) is 24.2. The quantitative estimate of drug-likeness (QED) is 0.845. The number of anilines is 1. The van der Waals surface area contributed by atoms with Crippen molar-refractivity contribution in [3.8, 4) is 5.75 Å². The summed E-state index contributed by atoms with van der Waals surface area (Å²) in [7, 11) is 1.54. The van der Waals surface area contributed by atoms with E-state index in [1.165, 1.54) is 14.0 Å². The molecule has 1 heterocycles. The number of rotatable bonds is 5. The summed E-state index contributed by atoms with van der Waals surface area (Å²) in [5.41, 5.74) is 0.561. The highest BCUT2D eigenvalue weighted by Gasteiger charge is 2.20. The molecule has 0 bridgehead atoms. The molecule has 0 unspecified atom stereocenters. The first-order chi connectivity index (χ1) is 10.5. The molecule has 2 rings (SSSR count). The maximum Gasteiger partial charge on any atom is 0.349 e. The van der Waals surface area contributed by atoms with Crippen molar-refractivity contribution < 1.29 is 19.1 Å². The van der Waals surface area contributed by atoms with Gasteiger partial charge in [-0.15, -0.1) is 11.3 Å². The fourth-order valence-electron chi connectivity index (χ4n) is 1.64. The summed E-state index contributed by atoms with van der Waals surface area (Å²) in [6, 6.07) is 10.1. The van der Waals surface area contributed by atoms with Gasteiger partial charge in [0.25, 0.3) is 5.91 Å². The number of hydrogen-bond acceptors (Lipinski definition) is 5. The molecule has 1 aromatic heterocycles. The molecule has 1 amide bonds. The van der Waals surface area contributed by atoms with Crippen molar-refractivity contribution in [2.24, 2.45) is 0 Å². The fourth-order valence-corrected chi connectivity index (χ4v) is 2.57. The van der Waals surface area contributed by atoms with Gasteiger partial charge in [-0.1, -0.05) is 17.7 Å². The lowest BCUT2D eigenvalue weighted by Crippen LogP contribution is -2.29. The number of amides is 1. The monoisotopic (exact) mass is 339 g/mol. The lowest BCUT2D eigenvalue weighted by Gasteiger charge is -2.13. The number of nitrogens with one attached hydrogen (secondary N) is 1. The Bertz CT molecular complexity index is 686. The van der Waals surface area contributed by atoms with E-state index in [4.69, 9.17) is 21.1 Å². The van der Waals surface area contributed by atoms with Crippen LogP contribution >= 0.6 is 22.9 Å².